The fourth-order valence-electron chi connectivity index (χ4n) is 3.20. The van der Waals surface area contributed by atoms with Gasteiger partial charge in [-0.1, -0.05) is 0 Å². The number of hydrogen-bond acceptors (Lipinski definition) is 4. The number of hydrogen-bond donors (Lipinski definition) is 2. The molecule has 0 unspecified atom stereocenters. The first-order chi connectivity index (χ1) is 13.8. The van der Waals surface area contributed by atoms with E-state index in [2.05, 4.69) is 10.6 Å². The van der Waals surface area contributed by atoms with Crippen molar-refractivity contribution in [1.82, 2.24) is 4.31 Å². The number of carbonyl (C=O) groups excluding carboxylic acids is 2. The number of carbonyl (C=O) groups is 2. The zero-order chi connectivity index (χ0) is 21.0. The van der Waals surface area contributed by atoms with Crippen molar-refractivity contribution in [2.45, 2.75) is 24.7 Å². The van der Waals surface area contributed by atoms with Crippen LogP contribution in [0.15, 0.2) is 53.4 Å². The molecule has 2 amide bonds. The first-order valence-electron chi connectivity index (χ1n) is 9.20. The minimum atomic E-state index is -3.70. The number of nitrogens with zero attached hydrogens (tertiary/aromatic N) is 1. The van der Waals surface area contributed by atoms with Crippen molar-refractivity contribution in [2.75, 3.05) is 23.7 Å². The molecule has 0 bridgehead atoms. The van der Waals surface area contributed by atoms with E-state index in [0.29, 0.717) is 24.2 Å². The molecule has 0 aromatic heterocycles. The second-order valence-electron chi connectivity index (χ2n) is 6.88. The fraction of sp³-hybridized carbons (Fsp3) is 0.300. The van der Waals surface area contributed by atoms with Crippen molar-refractivity contribution in [1.29, 1.82) is 0 Å². The van der Waals surface area contributed by atoms with E-state index < -0.39 is 15.8 Å². The van der Waals surface area contributed by atoms with Crippen LogP contribution in [0.3, 0.4) is 0 Å². The van der Waals surface area contributed by atoms with Crippen molar-refractivity contribution < 1.29 is 22.4 Å². The van der Waals surface area contributed by atoms with Gasteiger partial charge in [0.15, 0.2) is 0 Å². The Kier molecular flexibility index (Phi) is 6.29. The monoisotopic (exact) mass is 419 g/mol. The Morgan fingerprint density at radius 1 is 0.931 bits per heavy atom. The van der Waals surface area contributed by atoms with E-state index in [0.717, 1.165) is 12.1 Å². The van der Waals surface area contributed by atoms with E-state index in [4.69, 9.17) is 0 Å². The number of rotatable bonds is 5. The van der Waals surface area contributed by atoms with Gasteiger partial charge in [0, 0.05) is 37.3 Å². The number of benzene rings is 2. The molecule has 0 saturated carbocycles. The summed E-state index contributed by atoms with van der Waals surface area (Å²) in [5.41, 5.74) is 1.24. The average Bonchev–Trinajstić information content (AvgIpc) is 2.69. The SMILES string of the molecule is CC(=O)Nc1ccc(NC(=O)C2CCN(S(=O)(=O)c3ccc(F)cc3)CC2)cc1. The van der Waals surface area contributed by atoms with Crippen molar-refractivity contribution in [3.05, 3.63) is 54.3 Å². The minimum Gasteiger partial charge on any atom is -0.326 e. The molecule has 1 fully saturated rings. The van der Waals surface area contributed by atoms with Gasteiger partial charge in [0.05, 0.1) is 4.90 Å². The first kappa shape index (κ1) is 20.9. The lowest BCUT2D eigenvalue weighted by atomic mass is 9.97. The quantitative estimate of drug-likeness (QED) is 0.779. The maximum absolute atomic E-state index is 13.0. The number of halogens is 1. The molecule has 0 radical (unpaired) electrons. The molecule has 3 rings (SSSR count). The maximum Gasteiger partial charge on any atom is 0.243 e. The number of nitrogens with one attached hydrogen (secondary N) is 2. The van der Waals surface area contributed by atoms with Crippen molar-refractivity contribution in [3.8, 4) is 0 Å². The van der Waals surface area contributed by atoms with Gasteiger partial charge in [-0.2, -0.15) is 4.31 Å². The Morgan fingerprint density at radius 2 is 1.45 bits per heavy atom. The summed E-state index contributed by atoms with van der Waals surface area (Å²) >= 11 is 0. The first-order valence-corrected chi connectivity index (χ1v) is 10.6. The lowest BCUT2D eigenvalue weighted by Gasteiger charge is -2.30. The summed E-state index contributed by atoms with van der Waals surface area (Å²) in [7, 11) is -3.70. The number of amides is 2. The molecular formula is C20H22FN3O4S. The Hall–Kier alpha value is -2.78. The molecule has 0 atom stereocenters. The van der Waals surface area contributed by atoms with Crippen molar-refractivity contribution >= 4 is 33.2 Å². The van der Waals surface area contributed by atoms with Gasteiger partial charge in [-0.3, -0.25) is 9.59 Å². The summed E-state index contributed by atoms with van der Waals surface area (Å²) < 4.78 is 39.7. The zero-order valence-electron chi connectivity index (χ0n) is 15.9. The maximum atomic E-state index is 13.0. The van der Waals surface area contributed by atoms with Crippen molar-refractivity contribution in [3.63, 3.8) is 0 Å². The summed E-state index contributed by atoms with van der Waals surface area (Å²) in [6.07, 6.45) is 0.798. The molecule has 154 valence electrons. The standard InChI is InChI=1S/C20H22FN3O4S/c1-14(25)22-17-4-6-18(7-5-17)23-20(26)15-10-12-24(13-11-15)29(27,28)19-8-2-16(21)3-9-19/h2-9,15H,10-13H2,1H3,(H,22,25)(H,23,26). The molecule has 1 heterocycles. The summed E-state index contributed by atoms with van der Waals surface area (Å²) in [4.78, 5) is 23.6. The second kappa shape index (κ2) is 8.71. The van der Waals surface area contributed by atoms with Gasteiger partial charge >= 0.3 is 0 Å². The van der Waals surface area contributed by atoms with Crippen LogP contribution in [0.5, 0.6) is 0 Å². The van der Waals surface area contributed by atoms with Gasteiger partial charge in [-0.15, -0.1) is 0 Å². The highest BCUT2D eigenvalue weighted by atomic mass is 32.2. The average molecular weight is 419 g/mol. The van der Waals surface area contributed by atoms with Gasteiger partial charge in [0.2, 0.25) is 21.8 Å². The van der Waals surface area contributed by atoms with Crippen LogP contribution in [-0.2, 0) is 19.6 Å². The smallest absolute Gasteiger partial charge is 0.243 e. The number of anilines is 2. The highest BCUT2D eigenvalue weighted by Crippen LogP contribution is 2.25. The normalized spacial score (nSPS) is 15.7. The predicted molar refractivity (Wildman–Crippen MR) is 107 cm³/mol. The lowest BCUT2D eigenvalue weighted by molar-refractivity contribution is -0.121. The molecular weight excluding hydrogens is 397 g/mol. The molecule has 0 spiro atoms. The van der Waals surface area contributed by atoms with Crippen LogP contribution in [0.25, 0.3) is 0 Å². The molecule has 1 aliphatic rings. The van der Waals surface area contributed by atoms with Crippen LogP contribution in [0.2, 0.25) is 0 Å². The summed E-state index contributed by atoms with van der Waals surface area (Å²) in [5.74, 6) is -1.14. The zero-order valence-corrected chi connectivity index (χ0v) is 16.7. The topological polar surface area (TPSA) is 95.6 Å². The van der Waals surface area contributed by atoms with E-state index in [1.165, 1.54) is 23.4 Å². The molecule has 2 N–H and O–H groups in total. The molecule has 2 aromatic carbocycles. The molecule has 7 nitrogen and oxygen atoms in total. The van der Waals surface area contributed by atoms with Crippen LogP contribution in [0.1, 0.15) is 19.8 Å². The third-order valence-electron chi connectivity index (χ3n) is 4.75. The Balaban J connectivity index is 1.56. The van der Waals surface area contributed by atoms with Gasteiger partial charge in [0.1, 0.15) is 5.82 Å². The van der Waals surface area contributed by atoms with Crippen LogP contribution in [0.4, 0.5) is 15.8 Å². The van der Waals surface area contributed by atoms with E-state index in [1.54, 1.807) is 24.3 Å². The van der Waals surface area contributed by atoms with E-state index in [1.807, 2.05) is 0 Å². The largest absolute Gasteiger partial charge is 0.326 e. The Labute approximate surface area is 169 Å². The van der Waals surface area contributed by atoms with Gasteiger partial charge < -0.3 is 10.6 Å². The van der Waals surface area contributed by atoms with Crippen LogP contribution in [0, 0.1) is 11.7 Å². The predicted octanol–water partition coefficient (Wildman–Crippen LogP) is 2.82. The van der Waals surface area contributed by atoms with E-state index in [9.17, 15) is 22.4 Å². The van der Waals surface area contributed by atoms with Crippen LogP contribution >= 0.6 is 0 Å². The summed E-state index contributed by atoms with van der Waals surface area (Å²) in [6.45, 7) is 1.86. The van der Waals surface area contributed by atoms with Crippen LogP contribution < -0.4 is 10.6 Å². The van der Waals surface area contributed by atoms with Gasteiger partial charge in [0.25, 0.3) is 0 Å². The van der Waals surface area contributed by atoms with Gasteiger partial charge in [-0.05, 0) is 61.4 Å². The number of piperidine rings is 1. The Morgan fingerprint density at radius 3 is 1.97 bits per heavy atom. The molecule has 0 aliphatic carbocycles. The third-order valence-corrected chi connectivity index (χ3v) is 6.66. The lowest BCUT2D eigenvalue weighted by Crippen LogP contribution is -2.41. The highest BCUT2D eigenvalue weighted by molar-refractivity contribution is 7.89. The van der Waals surface area contributed by atoms with Crippen molar-refractivity contribution in [2.24, 2.45) is 5.92 Å². The number of sulfonamides is 1. The third kappa shape index (κ3) is 5.18. The minimum absolute atomic E-state index is 0.0426. The summed E-state index contributed by atoms with van der Waals surface area (Å²) in [5, 5.41) is 5.47. The second-order valence-corrected chi connectivity index (χ2v) is 8.82. The van der Waals surface area contributed by atoms with Gasteiger partial charge in [-0.25, -0.2) is 12.8 Å². The molecule has 1 aliphatic heterocycles. The molecule has 2 aromatic rings. The van der Waals surface area contributed by atoms with E-state index >= 15 is 0 Å². The van der Waals surface area contributed by atoms with E-state index in [-0.39, 0.29) is 35.7 Å². The highest BCUT2D eigenvalue weighted by Gasteiger charge is 2.32. The molecule has 9 heteroatoms. The fourth-order valence-corrected chi connectivity index (χ4v) is 4.67. The Bertz CT molecular complexity index is 983. The summed E-state index contributed by atoms with van der Waals surface area (Å²) in [6, 6.07) is 11.5. The van der Waals surface area contributed by atoms with Crippen LogP contribution in [-0.4, -0.2) is 37.6 Å². The molecule has 29 heavy (non-hydrogen) atoms. The molecule has 1 saturated heterocycles.